The van der Waals surface area contributed by atoms with Gasteiger partial charge in [-0.2, -0.15) is 31.3 Å². The topological polar surface area (TPSA) is 92.3 Å². The van der Waals surface area contributed by atoms with Gasteiger partial charge in [-0.1, -0.05) is 6.07 Å². The number of alkyl halides is 6. The summed E-state index contributed by atoms with van der Waals surface area (Å²) < 4.78 is 84.9. The van der Waals surface area contributed by atoms with Crippen LogP contribution in [-0.2, 0) is 28.5 Å². The van der Waals surface area contributed by atoms with Crippen LogP contribution in [0.15, 0.2) is 42.7 Å². The summed E-state index contributed by atoms with van der Waals surface area (Å²) in [4.78, 5) is 26.1. The second-order valence-corrected chi connectivity index (χ2v) is 9.26. The molecule has 0 bridgehead atoms. The number of nitrogens with one attached hydrogen (secondary N) is 2. The Labute approximate surface area is 225 Å². The molecule has 1 saturated heterocycles. The Hall–Kier alpha value is -3.94. The first kappa shape index (κ1) is 29.1. The smallest absolute Gasteiger partial charge is 0.373 e. The fourth-order valence-electron chi connectivity index (χ4n) is 4.31. The van der Waals surface area contributed by atoms with Gasteiger partial charge in [-0.3, -0.25) is 4.79 Å². The fourth-order valence-corrected chi connectivity index (χ4v) is 4.31. The van der Waals surface area contributed by atoms with E-state index in [1.54, 1.807) is 12.1 Å². The van der Waals surface area contributed by atoms with E-state index >= 15 is 0 Å². The zero-order chi connectivity index (χ0) is 29.1. The van der Waals surface area contributed by atoms with E-state index < -0.39 is 41.8 Å². The highest BCUT2D eigenvalue weighted by Gasteiger charge is 2.37. The summed E-state index contributed by atoms with van der Waals surface area (Å²) in [6.45, 7) is 3.48. The SMILES string of the molecule is CC(=O)Nc1cccc(Nc2ncnc(N3CCC(OCc4cc(C(F)(F)F)ccc4C(F)(F)F)CC3)n2)c1C. The summed E-state index contributed by atoms with van der Waals surface area (Å²) >= 11 is 0. The zero-order valence-electron chi connectivity index (χ0n) is 21.5. The summed E-state index contributed by atoms with van der Waals surface area (Å²) in [7, 11) is 0. The number of hydrogen-bond acceptors (Lipinski definition) is 7. The van der Waals surface area contributed by atoms with E-state index in [-0.39, 0.29) is 11.9 Å². The van der Waals surface area contributed by atoms with Crippen LogP contribution >= 0.6 is 0 Å². The number of anilines is 4. The summed E-state index contributed by atoms with van der Waals surface area (Å²) in [6.07, 6.45) is -7.87. The third kappa shape index (κ3) is 7.17. The molecule has 214 valence electrons. The lowest BCUT2D eigenvalue weighted by atomic mass is 10.0. The highest BCUT2D eigenvalue weighted by Crippen LogP contribution is 2.37. The monoisotopic (exact) mass is 568 g/mol. The molecule has 2 heterocycles. The van der Waals surface area contributed by atoms with Crippen LogP contribution in [0.25, 0.3) is 0 Å². The molecule has 0 aliphatic carbocycles. The first-order valence-electron chi connectivity index (χ1n) is 12.3. The quantitative estimate of drug-likeness (QED) is 0.333. The van der Waals surface area contributed by atoms with Crippen LogP contribution in [0.5, 0.6) is 0 Å². The van der Waals surface area contributed by atoms with Crippen LogP contribution in [0.1, 0.15) is 42.0 Å². The predicted octanol–water partition coefficient (Wildman–Crippen LogP) is 6.11. The van der Waals surface area contributed by atoms with Gasteiger partial charge in [0.25, 0.3) is 0 Å². The Morgan fingerprint density at radius 2 is 1.73 bits per heavy atom. The van der Waals surface area contributed by atoms with E-state index in [2.05, 4.69) is 25.6 Å². The van der Waals surface area contributed by atoms with Crippen molar-refractivity contribution in [3.05, 3.63) is 65.0 Å². The maximum absolute atomic E-state index is 13.4. The lowest BCUT2D eigenvalue weighted by Crippen LogP contribution is -2.38. The van der Waals surface area contributed by atoms with Crippen molar-refractivity contribution in [1.29, 1.82) is 0 Å². The number of carbonyl (C=O) groups is 1. The van der Waals surface area contributed by atoms with Gasteiger partial charge in [-0.25, -0.2) is 9.97 Å². The van der Waals surface area contributed by atoms with E-state index in [9.17, 15) is 31.1 Å². The van der Waals surface area contributed by atoms with Crippen molar-refractivity contribution in [1.82, 2.24) is 15.0 Å². The van der Waals surface area contributed by atoms with Crippen molar-refractivity contribution < 1.29 is 35.9 Å². The maximum Gasteiger partial charge on any atom is 0.416 e. The number of nitrogens with zero attached hydrogens (tertiary/aromatic N) is 4. The number of ether oxygens (including phenoxy) is 1. The van der Waals surface area contributed by atoms with Gasteiger partial charge in [0.05, 0.1) is 23.8 Å². The number of piperidine rings is 1. The van der Waals surface area contributed by atoms with E-state index in [0.29, 0.717) is 61.5 Å². The van der Waals surface area contributed by atoms with Crippen LogP contribution in [-0.4, -0.2) is 40.1 Å². The minimum Gasteiger partial charge on any atom is -0.373 e. The molecule has 2 N–H and O–H groups in total. The number of amides is 1. The van der Waals surface area contributed by atoms with Crippen molar-refractivity contribution in [3.63, 3.8) is 0 Å². The first-order chi connectivity index (χ1) is 18.8. The molecular formula is C26H26F6N6O2. The molecule has 4 rings (SSSR count). The standard InChI is InChI=1S/C26H26F6N6O2/c1-15-21(35-16(2)39)4-3-5-22(15)36-23-33-14-34-24(37-23)38-10-8-19(9-11-38)40-13-17-12-18(25(27,28)29)6-7-20(17)26(30,31)32/h3-7,12,14,19H,8-11,13H2,1-2H3,(H,35,39)(H,33,34,36,37). The molecule has 3 aromatic rings. The van der Waals surface area contributed by atoms with E-state index in [1.165, 1.54) is 13.3 Å². The van der Waals surface area contributed by atoms with Crippen LogP contribution in [0.4, 0.5) is 49.6 Å². The van der Waals surface area contributed by atoms with Gasteiger partial charge in [0.15, 0.2) is 0 Å². The summed E-state index contributed by atoms with van der Waals surface area (Å²) in [5.41, 5.74) is -0.765. The zero-order valence-corrected chi connectivity index (χ0v) is 21.5. The van der Waals surface area contributed by atoms with Gasteiger partial charge in [0.1, 0.15) is 6.33 Å². The number of hydrogen-bond donors (Lipinski definition) is 2. The Kier molecular flexibility index (Phi) is 8.47. The number of rotatable bonds is 7. The maximum atomic E-state index is 13.4. The minimum atomic E-state index is -4.81. The Balaban J connectivity index is 1.38. The Morgan fingerprint density at radius 1 is 1.02 bits per heavy atom. The Morgan fingerprint density at radius 3 is 2.38 bits per heavy atom. The molecule has 1 aliphatic rings. The lowest BCUT2D eigenvalue weighted by Gasteiger charge is -2.32. The molecule has 1 aromatic heterocycles. The van der Waals surface area contributed by atoms with E-state index in [4.69, 9.17) is 4.74 Å². The first-order valence-corrected chi connectivity index (χ1v) is 12.3. The molecular weight excluding hydrogens is 542 g/mol. The summed E-state index contributed by atoms with van der Waals surface area (Å²) in [6, 6.07) is 6.69. The third-order valence-corrected chi connectivity index (χ3v) is 6.39. The van der Waals surface area contributed by atoms with Gasteiger partial charge >= 0.3 is 12.4 Å². The molecule has 0 saturated carbocycles. The molecule has 14 heteroatoms. The highest BCUT2D eigenvalue weighted by atomic mass is 19.4. The van der Waals surface area contributed by atoms with E-state index in [1.807, 2.05) is 17.9 Å². The molecule has 1 aliphatic heterocycles. The van der Waals surface area contributed by atoms with Gasteiger partial charge in [-0.15, -0.1) is 0 Å². The second kappa shape index (κ2) is 11.7. The molecule has 2 aromatic carbocycles. The van der Waals surface area contributed by atoms with Gasteiger partial charge in [-0.05, 0) is 61.2 Å². The van der Waals surface area contributed by atoms with Crippen molar-refractivity contribution in [2.24, 2.45) is 0 Å². The van der Waals surface area contributed by atoms with Crippen LogP contribution < -0.4 is 15.5 Å². The Bertz CT molecular complexity index is 1360. The fraction of sp³-hybridized carbons (Fsp3) is 0.385. The molecule has 40 heavy (non-hydrogen) atoms. The number of benzene rings is 2. The minimum absolute atomic E-state index is 0.203. The average molecular weight is 569 g/mol. The molecule has 1 amide bonds. The van der Waals surface area contributed by atoms with Crippen LogP contribution in [0, 0.1) is 6.92 Å². The van der Waals surface area contributed by atoms with Gasteiger partial charge < -0.3 is 20.3 Å². The summed E-state index contributed by atoms with van der Waals surface area (Å²) in [5, 5.41) is 5.86. The van der Waals surface area contributed by atoms with Crippen molar-refractivity contribution >= 4 is 29.2 Å². The summed E-state index contributed by atoms with van der Waals surface area (Å²) in [5.74, 6) is 0.449. The van der Waals surface area contributed by atoms with Gasteiger partial charge in [0, 0.05) is 31.4 Å². The molecule has 0 spiro atoms. The van der Waals surface area contributed by atoms with Crippen LogP contribution in [0.3, 0.4) is 0 Å². The van der Waals surface area contributed by atoms with Crippen molar-refractivity contribution in [3.8, 4) is 0 Å². The normalized spacial score (nSPS) is 14.8. The third-order valence-electron chi connectivity index (χ3n) is 6.39. The largest absolute Gasteiger partial charge is 0.416 e. The molecule has 1 fully saturated rings. The number of carbonyl (C=O) groups excluding carboxylic acids is 1. The van der Waals surface area contributed by atoms with Crippen molar-refractivity contribution in [2.75, 3.05) is 28.6 Å². The molecule has 0 unspecified atom stereocenters. The molecule has 8 nitrogen and oxygen atoms in total. The highest BCUT2D eigenvalue weighted by molar-refractivity contribution is 5.90. The van der Waals surface area contributed by atoms with Crippen molar-refractivity contribution in [2.45, 2.75) is 51.8 Å². The van der Waals surface area contributed by atoms with Gasteiger partial charge in [0.2, 0.25) is 17.8 Å². The number of aromatic nitrogens is 3. The second-order valence-electron chi connectivity index (χ2n) is 9.26. The average Bonchev–Trinajstić information content (AvgIpc) is 2.89. The van der Waals surface area contributed by atoms with Crippen LogP contribution in [0.2, 0.25) is 0 Å². The molecule has 0 atom stereocenters. The predicted molar refractivity (Wildman–Crippen MR) is 135 cm³/mol. The molecule has 0 radical (unpaired) electrons. The van der Waals surface area contributed by atoms with E-state index in [0.717, 1.165) is 5.56 Å². The number of halogens is 6. The lowest BCUT2D eigenvalue weighted by molar-refractivity contribution is -0.142.